The molecule has 2 fully saturated rings. The number of benzene rings is 1. The van der Waals surface area contributed by atoms with Crippen molar-refractivity contribution < 1.29 is 27.4 Å². The average molecular weight is 429 g/mol. The van der Waals surface area contributed by atoms with Crippen molar-refractivity contribution in [3.05, 3.63) is 34.6 Å². The van der Waals surface area contributed by atoms with Crippen LogP contribution in [0.5, 0.6) is 0 Å². The topological polar surface area (TPSA) is 27.7 Å². The summed E-state index contributed by atoms with van der Waals surface area (Å²) >= 11 is 0. The van der Waals surface area contributed by atoms with E-state index >= 15 is 4.39 Å². The van der Waals surface area contributed by atoms with E-state index in [1.165, 1.54) is 0 Å². The van der Waals surface area contributed by atoms with Gasteiger partial charge in [0.1, 0.15) is 5.82 Å². The average Bonchev–Trinajstić information content (AvgIpc) is 2.75. The maximum absolute atomic E-state index is 15.3. The first-order valence-corrected chi connectivity index (χ1v) is 11.5. The number of unbranched alkanes of at least 4 members (excludes halogenated alkanes) is 1. The standard InChI is InChI=1S/C24H35F3O3/c1-3-5-14-29-18-9-6-16(7-10-18)20-12-11-19(22(23(20)25)24(26)27)17-8-13-21(28-4-2)30-15-17/h11-12,16-18,21,24H,3-10,13-15H2,1-2H3. The second-order valence-electron chi connectivity index (χ2n) is 8.46. The van der Waals surface area contributed by atoms with E-state index in [2.05, 4.69) is 6.92 Å². The monoisotopic (exact) mass is 428 g/mol. The highest BCUT2D eigenvalue weighted by atomic mass is 19.3. The predicted octanol–water partition coefficient (Wildman–Crippen LogP) is 6.86. The molecule has 0 spiro atoms. The zero-order chi connectivity index (χ0) is 21.5. The first-order valence-electron chi connectivity index (χ1n) is 11.5. The van der Waals surface area contributed by atoms with Gasteiger partial charge in [0.15, 0.2) is 6.29 Å². The van der Waals surface area contributed by atoms with Crippen LogP contribution < -0.4 is 0 Å². The fourth-order valence-corrected chi connectivity index (χ4v) is 4.74. The molecular formula is C24H35F3O3. The molecule has 3 nitrogen and oxygen atoms in total. The molecule has 1 aromatic carbocycles. The molecule has 3 rings (SSSR count). The van der Waals surface area contributed by atoms with E-state index in [9.17, 15) is 8.78 Å². The van der Waals surface area contributed by atoms with Gasteiger partial charge in [0, 0.05) is 19.1 Å². The van der Waals surface area contributed by atoms with Gasteiger partial charge in [0.2, 0.25) is 0 Å². The second kappa shape index (κ2) is 11.5. The van der Waals surface area contributed by atoms with Crippen molar-refractivity contribution in [1.82, 2.24) is 0 Å². The summed E-state index contributed by atoms with van der Waals surface area (Å²) in [5, 5.41) is 0. The SMILES string of the molecule is CCCCOC1CCC(c2ccc(C3CCC(OCC)OC3)c(C(F)F)c2F)CC1. The van der Waals surface area contributed by atoms with E-state index in [1.54, 1.807) is 12.1 Å². The lowest BCUT2D eigenvalue weighted by molar-refractivity contribution is -0.164. The van der Waals surface area contributed by atoms with E-state index < -0.39 is 17.8 Å². The number of hydrogen-bond donors (Lipinski definition) is 0. The number of hydrogen-bond acceptors (Lipinski definition) is 3. The normalized spacial score (nSPS) is 27.5. The largest absolute Gasteiger partial charge is 0.378 e. The fourth-order valence-electron chi connectivity index (χ4n) is 4.74. The zero-order valence-electron chi connectivity index (χ0n) is 18.2. The minimum atomic E-state index is -2.83. The van der Waals surface area contributed by atoms with Crippen molar-refractivity contribution in [2.75, 3.05) is 19.8 Å². The molecule has 0 aromatic heterocycles. The smallest absolute Gasteiger partial charge is 0.266 e. The van der Waals surface area contributed by atoms with Gasteiger partial charge >= 0.3 is 0 Å². The highest BCUT2D eigenvalue weighted by molar-refractivity contribution is 5.39. The number of ether oxygens (including phenoxy) is 3. The predicted molar refractivity (Wildman–Crippen MR) is 111 cm³/mol. The Bertz CT molecular complexity index is 651. The number of halogens is 3. The molecule has 6 heteroatoms. The van der Waals surface area contributed by atoms with E-state index in [1.807, 2.05) is 6.92 Å². The Morgan fingerprint density at radius 3 is 2.27 bits per heavy atom. The van der Waals surface area contributed by atoms with Gasteiger partial charge in [-0.15, -0.1) is 0 Å². The van der Waals surface area contributed by atoms with Crippen LogP contribution in [0.4, 0.5) is 13.2 Å². The molecule has 0 N–H and O–H groups in total. The summed E-state index contributed by atoms with van der Waals surface area (Å²) in [7, 11) is 0. The molecule has 1 heterocycles. The van der Waals surface area contributed by atoms with Gasteiger partial charge < -0.3 is 14.2 Å². The zero-order valence-corrected chi connectivity index (χ0v) is 18.2. The Morgan fingerprint density at radius 2 is 1.67 bits per heavy atom. The van der Waals surface area contributed by atoms with Gasteiger partial charge in [-0.2, -0.15) is 0 Å². The molecule has 170 valence electrons. The summed E-state index contributed by atoms with van der Waals surface area (Å²) in [5.41, 5.74) is 0.389. The van der Waals surface area contributed by atoms with Crippen LogP contribution in [-0.4, -0.2) is 32.2 Å². The molecule has 1 aliphatic heterocycles. The summed E-state index contributed by atoms with van der Waals surface area (Å²) in [4.78, 5) is 0. The van der Waals surface area contributed by atoms with Crippen LogP contribution in [0.3, 0.4) is 0 Å². The van der Waals surface area contributed by atoms with Gasteiger partial charge in [-0.3, -0.25) is 0 Å². The van der Waals surface area contributed by atoms with Crippen LogP contribution in [0, 0.1) is 5.82 Å². The number of rotatable bonds is 9. The van der Waals surface area contributed by atoms with E-state index in [4.69, 9.17) is 14.2 Å². The summed E-state index contributed by atoms with van der Waals surface area (Å²) in [5.74, 6) is -0.964. The first-order chi connectivity index (χ1) is 14.5. The molecule has 1 aliphatic carbocycles. The van der Waals surface area contributed by atoms with Crippen LogP contribution in [0.15, 0.2) is 12.1 Å². The molecule has 2 atom stereocenters. The summed E-state index contributed by atoms with van der Waals surface area (Å²) in [6, 6.07) is 3.44. The highest BCUT2D eigenvalue weighted by Crippen LogP contribution is 2.41. The van der Waals surface area contributed by atoms with Crippen molar-refractivity contribution >= 4 is 0 Å². The van der Waals surface area contributed by atoms with Gasteiger partial charge in [-0.25, -0.2) is 13.2 Å². The van der Waals surface area contributed by atoms with E-state index in [0.29, 0.717) is 30.6 Å². The molecule has 0 radical (unpaired) electrons. The quantitative estimate of drug-likeness (QED) is 0.402. The third-order valence-corrected chi connectivity index (χ3v) is 6.45. The second-order valence-corrected chi connectivity index (χ2v) is 8.46. The Labute approximate surface area is 178 Å². The van der Waals surface area contributed by atoms with Crippen LogP contribution in [0.1, 0.15) is 100 Å². The summed E-state index contributed by atoms with van der Waals surface area (Å²) in [6.07, 6.45) is 3.78. The first kappa shape index (κ1) is 23.6. The summed E-state index contributed by atoms with van der Waals surface area (Å²) < 4.78 is 60.1. The molecular weight excluding hydrogens is 393 g/mol. The highest BCUT2D eigenvalue weighted by Gasteiger charge is 2.32. The van der Waals surface area contributed by atoms with Crippen LogP contribution >= 0.6 is 0 Å². The molecule has 1 saturated heterocycles. The molecule has 0 bridgehead atoms. The molecule has 2 aliphatic rings. The molecule has 30 heavy (non-hydrogen) atoms. The van der Waals surface area contributed by atoms with Crippen molar-refractivity contribution in [1.29, 1.82) is 0 Å². The van der Waals surface area contributed by atoms with Crippen LogP contribution in [0.25, 0.3) is 0 Å². The molecule has 2 unspecified atom stereocenters. The number of alkyl halides is 2. The third kappa shape index (κ3) is 5.77. The van der Waals surface area contributed by atoms with Crippen LogP contribution in [0.2, 0.25) is 0 Å². The Morgan fingerprint density at radius 1 is 0.967 bits per heavy atom. The van der Waals surface area contributed by atoms with E-state index in [-0.39, 0.29) is 30.8 Å². The summed E-state index contributed by atoms with van der Waals surface area (Å²) in [6.45, 7) is 5.61. The Hall–Kier alpha value is -1.11. The maximum atomic E-state index is 15.3. The lowest BCUT2D eigenvalue weighted by Gasteiger charge is -2.32. The minimum absolute atomic E-state index is 0.0208. The fraction of sp³-hybridized carbons (Fsp3) is 0.750. The Kier molecular flexibility index (Phi) is 9.02. The third-order valence-electron chi connectivity index (χ3n) is 6.45. The van der Waals surface area contributed by atoms with E-state index in [0.717, 1.165) is 45.1 Å². The maximum Gasteiger partial charge on any atom is 0.266 e. The minimum Gasteiger partial charge on any atom is -0.378 e. The van der Waals surface area contributed by atoms with Gasteiger partial charge in [-0.1, -0.05) is 25.5 Å². The van der Waals surface area contributed by atoms with Gasteiger partial charge in [0.25, 0.3) is 6.43 Å². The molecule has 1 aromatic rings. The molecule has 1 saturated carbocycles. The van der Waals surface area contributed by atoms with Crippen molar-refractivity contribution in [2.24, 2.45) is 0 Å². The Balaban J connectivity index is 1.69. The van der Waals surface area contributed by atoms with Gasteiger partial charge in [0.05, 0.1) is 18.3 Å². The van der Waals surface area contributed by atoms with Crippen LogP contribution in [-0.2, 0) is 14.2 Å². The lowest BCUT2D eigenvalue weighted by Crippen LogP contribution is -2.28. The lowest BCUT2D eigenvalue weighted by atomic mass is 9.80. The van der Waals surface area contributed by atoms with Crippen molar-refractivity contribution in [3.8, 4) is 0 Å². The van der Waals surface area contributed by atoms with Crippen molar-refractivity contribution in [2.45, 2.75) is 95.9 Å². The van der Waals surface area contributed by atoms with Crippen molar-refractivity contribution in [3.63, 3.8) is 0 Å². The van der Waals surface area contributed by atoms with Gasteiger partial charge in [-0.05, 0) is 68.9 Å². The molecule has 0 amide bonds.